The predicted octanol–water partition coefficient (Wildman–Crippen LogP) is 3.08. The number of rotatable bonds is 3. The zero-order valence-electron chi connectivity index (χ0n) is 10.9. The van der Waals surface area contributed by atoms with Crippen molar-refractivity contribution in [2.24, 2.45) is 5.92 Å². The van der Waals surface area contributed by atoms with E-state index in [1.54, 1.807) is 19.2 Å². The van der Waals surface area contributed by atoms with Crippen LogP contribution in [-0.2, 0) is 0 Å². The van der Waals surface area contributed by atoms with E-state index < -0.39 is 5.97 Å². The second-order valence-electron chi connectivity index (χ2n) is 5.17. The summed E-state index contributed by atoms with van der Waals surface area (Å²) in [6.07, 6.45) is 6.43. The smallest absolute Gasteiger partial charge is 0.339 e. The molecule has 0 radical (unpaired) electrons. The van der Waals surface area contributed by atoms with Gasteiger partial charge in [0.25, 0.3) is 0 Å². The number of aryl methyl sites for hydroxylation is 1. The summed E-state index contributed by atoms with van der Waals surface area (Å²) in [6, 6.07) is 2.07. The van der Waals surface area contributed by atoms with Crippen LogP contribution in [-0.4, -0.2) is 22.1 Å². The zero-order valence-corrected chi connectivity index (χ0v) is 10.9. The van der Waals surface area contributed by atoms with Crippen molar-refractivity contribution in [2.75, 3.05) is 5.32 Å². The molecule has 1 aliphatic rings. The Hall–Kier alpha value is -1.58. The second-order valence-corrected chi connectivity index (χ2v) is 5.17. The first-order valence-electron chi connectivity index (χ1n) is 6.55. The monoisotopic (exact) mass is 248 g/mol. The van der Waals surface area contributed by atoms with Gasteiger partial charge in [0.1, 0.15) is 11.4 Å². The summed E-state index contributed by atoms with van der Waals surface area (Å²) in [5.74, 6) is 0.176. The number of hydrogen-bond donors (Lipinski definition) is 2. The molecule has 2 rings (SSSR count). The highest BCUT2D eigenvalue weighted by atomic mass is 16.4. The van der Waals surface area contributed by atoms with E-state index in [1.165, 1.54) is 19.3 Å². The Kier molecular flexibility index (Phi) is 3.84. The number of nitrogens with one attached hydrogen (secondary N) is 1. The molecule has 98 valence electrons. The van der Waals surface area contributed by atoms with Gasteiger partial charge in [-0.2, -0.15) is 0 Å². The van der Waals surface area contributed by atoms with Crippen LogP contribution in [0, 0.1) is 12.8 Å². The van der Waals surface area contributed by atoms with Gasteiger partial charge in [-0.15, -0.1) is 0 Å². The highest BCUT2D eigenvalue weighted by Gasteiger charge is 2.23. The average Bonchev–Trinajstić information content (AvgIpc) is 2.31. The Bertz CT molecular complexity index is 445. The third-order valence-electron chi connectivity index (χ3n) is 3.81. The molecule has 0 saturated heterocycles. The fourth-order valence-corrected chi connectivity index (χ4v) is 2.64. The first kappa shape index (κ1) is 12.9. The maximum absolute atomic E-state index is 11.3. The van der Waals surface area contributed by atoms with Crippen LogP contribution in [0.15, 0.2) is 12.3 Å². The van der Waals surface area contributed by atoms with Gasteiger partial charge in [-0.25, -0.2) is 9.78 Å². The van der Waals surface area contributed by atoms with Crippen molar-refractivity contribution in [1.29, 1.82) is 0 Å². The van der Waals surface area contributed by atoms with Crippen LogP contribution < -0.4 is 5.32 Å². The molecule has 2 atom stereocenters. The lowest BCUT2D eigenvalue weighted by molar-refractivity contribution is 0.0696. The number of nitrogens with zero attached hydrogens (tertiary/aromatic N) is 1. The Morgan fingerprint density at radius 1 is 1.44 bits per heavy atom. The van der Waals surface area contributed by atoms with Gasteiger partial charge in [0, 0.05) is 12.2 Å². The Balaban J connectivity index is 2.23. The van der Waals surface area contributed by atoms with Gasteiger partial charge in [-0.3, -0.25) is 0 Å². The minimum absolute atomic E-state index is 0.301. The number of aromatic carboxylic acids is 1. The zero-order chi connectivity index (χ0) is 13.1. The average molecular weight is 248 g/mol. The number of carbonyl (C=O) groups is 1. The summed E-state index contributed by atoms with van der Waals surface area (Å²) in [5, 5.41) is 12.6. The Labute approximate surface area is 107 Å². The fraction of sp³-hybridized carbons (Fsp3) is 0.571. The molecule has 18 heavy (non-hydrogen) atoms. The van der Waals surface area contributed by atoms with E-state index >= 15 is 0 Å². The van der Waals surface area contributed by atoms with E-state index in [0.29, 0.717) is 23.3 Å². The number of aromatic nitrogens is 1. The van der Waals surface area contributed by atoms with Crippen LogP contribution >= 0.6 is 0 Å². The normalized spacial score (nSPS) is 23.7. The molecule has 4 heteroatoms. The summed E-state index contributed by atoms with van der Waals surface area (Å²) in [6.45, 7) is 4.02. The molecule has 1 aliphatic carbocycles. The molecule has 4 nitrogen and oxygen atoms in total. The lowest BCUT2D eigenvalue weighted by Gasteiger charge is -2.30. The van der Waals surface area contributed by atoms with Gasteiger partial charge in [-0.05, 0) is 37.3 Å². The van der Waals surface area contributed by atoms with Crippen molar-refractivity contribution in [3.05, 3.63) is 23.4 Å². The highest BCUT2D eigenvalue weighted by molar-refractivity contribution is 5.94. The van der Waals surface area contributed by atoms with Gasteiger partial charge >= 0.3 is 5.97 Å². The van der Waals surface area contributed by atoms with Gasteiger partial charge in [0.05, 0.1) is 0 Å². The molecule has 1 saturated carbocycles. The van der Waals surface area contributed by atoms with E-state index in [9.17, 15) is 9.90 Å². The molecule has 1 fully saturated rings. The molecule has 1 aromatic rings. The minimum atomic E-state index is -0.911. The molecule has 1 aromatic heterocycles. The molecule has 0 aliphatic heterocycles. The van der Waals surface area contributed by atoms with Gasteiger partial charge < -0.3 is 10.4 Å². The van der Waals surface area contributed by atoms with Gasteiger partial charge in [0.2, 0.25) is 0 Å². The van der Waals surface area contributed by atoms with Crippen molar-refractivity contribution >= 4 is 11.8 Å². The Morgan fingerprint density at radius 2 is 2.17 bits per heavy atom. The van der Waals surface area contributed by atoms with Crippen LogP contribution in [0.4, 0.5) is 5.82 Å². The maximum atomic E-state index is 11.3. The summed E-state index contributed by atoms with van der Waals surface area (Å²) in [7, 11) is 0. The van der Waals surface area contributed by atoms with E-state index in [4.69, 9.17) is 0 Å². The third kappa shape index (κ3) is 2.63. The number of hydrogen-bond acceptors (Lipinski definition) is 3. The standard InChI is InChI=1S/C14H20N2O2/c1-9-5-3-4-6-11(9)16-13-12(14(17)18)10(2)7-8-15-13/h7-9,11H,3-6H2,1-2H3,(H,15,16)(H,17,18). The van der Waals surface area contributed by atoms with Crippen molar-refractivity contribution in [3.8, 4) is 0 Å². The van der Waals surface area contributed by atoms with Crippen LogP contribution in [0.2, 0.25) is 0 Å². The summed E-state index contributed by atoms with van der Waals surface area (Å²) >= 11 is 0. The summed E-state index contributed by atoms with van der Waals surface area (Å²) < 4.78 is 0. The maximum Gasteiger partial charge on any atom is 0.339 e. The lowest BCUT2D eigenvalue weighted by atomic mass is 9.86. The van der Waals surface area contributed by atoms with Gasteiger partial charge in [0.15, 0.2) is 0 Å². The molecule has 0 amide bonds. The molecule has 0 spiro atoms. The van der Waals surface area contributed by atoms with Crippen LogP contribution in [0.5, 0.6) is 0 Å². The van der Waals surface area contributed by atoms with Crippen molar-refractivity contribution < 1.29 is 9.90 Å². The van der Waals surface area contributed by atoms with E-state index in [1.807, 2.05) is 0 Å². The fourth-order valence-electron chi connectivity index (χ4n) is 2.64. The molecule has 2 N–H and O–H groups in total. The largest absolute Gasteiger partial charge is 0.478 e. The molecule has 0 aromatic carbocycles. The van der Waals surface area contributed by atoms with Crippen LogP contribution in [0.25, 0.3) is 0 Å². The molecule has 1 heterocycles. The number of carboxylic acids is 1. The van der Waals surface area contributed by atoms with Crippen LogP contribution in [0.3, 0.4) is 0 Å². The highest BCUT2D eigenvalue weighted by Crippen LogP contribution is 2.27. The minimum Gasteiger partial charge on any atom is -0.478 e. The summed E-state index contributed by atoms with van der Waals surface area (Å²) in [5.41, 5.74) is 1.05. The molecular weight excluding hydrogens is 228 g/mol. The van der Waals surface area contributed by atoms with E-state index in [2.05, 4.69) is 17.2 Å². The number of carboxylic acid groups (broad SMARTS) is 1. The Morgan fingerprint density at radius 3 is 2.83 bits per heavy atom. The molecule has 2 unspecified atom stereocenters. The first-order chi connectivity index (χ1) is 8.59. The van der Waals surface area contributed by atoms with Crippen molar-refractivity contribution in [1.82, 2.24) is 4.98 Å². The quantitative estimate of drug-likeness (QED) is 0.863. The number of anilines is 1. The van der Waals surface area contributed by atoms with E-state index in [-0.39, 0.29) is 0 Å². The second kappa shape index (κ2) is 5.38. The van der Waals surface area contributed by atoms with Gasteiger partial charge in [-0.1, -0.05) is 19.8 Å². The van der Waals surface area contributed by atoms with Crippen molar-refractivity contribution in [3.63, 3.8) is 0 Å². The third-order valence-corrected chi connectivity index (χ3v) is 3.81. The first-order valence-corrected chi connectivity index (χ1v) is 6.55. The van der Waals surface area contributed by atoms with Crippen molar-refractivity contribution in [2.45, 2.75) is 45.6 Å². The molecule has 0 bridgehead atoms. The van der Waals surface area contributed by atoms with E-state index in [0.717, 1.165) is 12.0 Å². The predicted molar refractivity (Wildman–Crippen MR) is 71.0 cm³/mol. The topological polar surface area (TPSA) is 62.2 Å². The molecular formula is C14H20N2O2. The van der Waals surface area contributed by atoms with Crippen LogP contribution in [0.1, 0.15) is 48.5 Å². The number of pyridine rings is 1. The summed E-state index contributed by atoms with van der Waals surface area (Å²) in [4.78, 5) is 15.5. The lowest BCUT2D eigenvalue weighted by Crippen LogP contribution is -2.31. The SMILES string of the molecule is Cc1ccnc(NC2CCCCC2C)c1C(=O)O.